The van der Waals surface area contributed by atoms with Gasteiger partial charge in [0.25, 0.3) is 0 Å². The molecule has 0 bridgehead atoms. The van der Waals surface area contributed by atoms with E-state index in [9.17, 15) is 9.59 Å². The first-order chi connectivity index (χ1) is 6.70. The summed E-state index contributed by atoms with van der Waals surface area (Å²) in [7, 11) is 1.30. The minimum absolute atomic E-state index is 0.201. The summed E-state index contributed by atoms with van der Waals surface area (Å²) in [5.74, 6) is -0.450. The molecule has 0 spiro atoms. The van der Waals surface area contributed by atoms with Crippen LogP contribution in [0.15, 0.2) is 23.1 Å². The Hall–Kier alpha value is -2.04. The summed E-state index contributed by atoms with van der Waals surface area (Å²) in [5.41, 5.74) is 0.833. The van der Waals surface area contributed by atoms with E-state index in [0.29, 0.717) is 16.6 Å². The third-order valence-electron chi connectivity index (χ3n) is 1.93. The molecule has 0 saturated heterocycles. The van der Waals surface area contributed by atoms with Gasteiger partial charge in [0.05, 0.1) is 12.6 Å². The van der Waals surface area contributed by atoms with Crippen LogP contribution in [0, 0.1) is 0 Å². The Labute approximate surface area is 78.7 Å². The number of hydrogen-bond acceptors (Lipinski definition) is 3. The van der Waals surface area contributed by atoms with E-state index < -0.39 is 5.97 Å². The Morgan fingerprint density at radius 2 is 2.21 bits per heavy atom. The smallest absolute Gasteiger partial charge is 0.354 e. The third kappa shape index (κ3) is 1.28. The van der Waals surface area contributed by atoms with E-state index >= 15 is 0 Å². The van der Waals surface area contributed by atoms with Crippen LogP contribution in [0.4, 0.5) is 0 Å². The van der Waals surface area contributed by atoms with Gasteiger partial charge in [-0.1, -0.05) is 0 Å². The quantitative estimate of drug-likeness (QED) is 0.651. The summed E-state index contributed by atoms with van der Waals surface area (Å²) < 4.78 is 4.54. The number of esters is 1. The van der Waals surface area contributed by atoms with E-state index in [1.165, 1.54) is 19.4 Å². The number of aromatic amines is 2. The molecule has 0 radical (unpaired) electrons. The van der Waals surface area contributed by atoms with Crippen LogP contribution in [0.2, 0.25) is 0 Å². The molecular weight excluding hydrogens is 184 g/mol. The van der Waals surface area contributed by atoms with Gasteiger partial charge in [-0.25, -0.2) is 4.79 Å². The topological polar surface area (TPSA) is 75.0 Å². The highest BCUT2D eigenvalue weighted by Gasteiger charge is 2.08. The molecule has 2 N–H and O–H groups in total. The maximum absolute atomic E-state index is 11.1. The van der Waals surface area contributed by atoms with Crippen molar-refractivity contribution in [3.8, 4) is 0 Å². The third-order valence-corrected chi connectivity index (χ3v) is 1.93. The van der Waals surface area contributed by atoms with Crippen LogP contribution in [0.5, 0.6) is 0 Å². The molecule has 2 aromatic rings. The molecule has 0 atom stereocenters. The second-order valence-corrected chi connectivity index (χ2v) is 2.84. The van der Waals surface area contributed by atoms with Crippen LogP contribution in [-0.4, -0.2) is 23.0 Å². The number of fused-ring (bicyclic) bond motifs is 1. The van der Waals surface area contributed by atoms with Crippen molar-refractivity contribution in [3.05, 3.63) is 34.4 Å². The van der Waals surface area contributed by atoms with Crippen molar-refractivity contribution in [1.82, 2.24) is 9.97 Å². The molecular formula is C9H8N2O3. The fraction of sp³-hybridized carbons (Fsp3) is 0.111. The highest BCUT2D eigenvalue weighted by Crippen LogP contribution is 2.12. The molecule has 0 aliphatic carbocycles. The molecule has 0 aromatic carbocycles. The molecule has 2 aromatic heterocycles. The minimum atomic E-state index is -0.450. The largest absolute Gasteiger partial charge is 0.464 e. The summed E-state index contributed by atoms with van der Waals surface area (Å²) in [6, 6.07) is 2.99. The number of pyridine rings is 1. The molecule has 2 rings (SSSR count). The normalized spacial score (nSPS) is 10.4. The van der Waals surface area contributed by atoms with Gasteiger partial charge in [0.2, 0.25) is 5.56 Å². The lowest BCUT2D eigenvalue weighted by Crippen LogP contribution is -2.00. The number of aromatic nitrogens is 2. The Kier molecular flexibility index (Phi) is 1.85. The van der Waals surface area contributed by atoms with Gasteiger partial charge in [0.1, 0.15) is 5.69 Å². The molecule has 0 saturated carbocycles. The maximum atomic E-state index is 11.1. The monoisotopic (exact) mass is 192 g/mol. The van der Waals surface area contributed by atoms with E-state index in [0.717, 1.165) is 0 Å². The maximum Gasteiger partial charge on any atom is 0.354 e. The highest BCUT2D eigenvalue weighted by molar-refractivity contribution is 5.94. The number of H-pyrrole nitrogens is 2. The molecule has 5 nitrogen and oxygen atoms in total. The first kappa shape index (κ1) is 8.55. The van der Waals surface area contributed by atoms with Gasteiger partial charge in [-0.15, -0.1) is 0 Å². The molecule has 0 amide bonds. The second kappa shape index (κ2) is 3.02. The number of ether oxygens (including phenoxy) is 1. The summed E-state index contributed by atoms with van der Waals surface area (Å²) in [4.78, 5) is 27.4. The standard InChI is InChI=1S/C9H8N2O3/c1-14-9(13)6-2-5-3-8(12)10-4-7(5)11-6/h2-4,11H,1H3,(H,10,12). The van der Waals surface area contributed by atoms with Crippen molar-refractivity contribution in [2.75, 3.05) is 7.11 Å². The van der Waals surface area contributed by atoms with Gasteiger partial charge in [-0.05, 0) is 6.07 Å². The molecule has 5 heteroatoms. The van der Waals surface area contributed by atoms with Crippen molar-refractivity contribution in [1.29, 1.82) is 0 Å². The molecule has 0 aliphatic rings. The number of nitrogens with one attached hydrogen (secondary N) is 2. The van der Waals surface area contributed by atoms with E-state index in [-0.39, 0.29) is 5.56 Å². The molecule has 72 valence electrons. The van der Waals surface area contributed by atoms with Crippen molar-refractivity contribution >= 4 is 16.9 Å². The van der Waals surface area contributed by atoms with Crippen molar-refractivity contribution in [2.24, 2.45) is 0 Å². The first-order valence-electron chi connectivity index (χ1n) is 4.00. The first-order valence-corrected chi connectivity index (χ1v) is 4.00. The van der Waals surface area contributed by atoms with E-state index in [2.05, 4.69) is 14.7 Å². The Morgan fingerprint density at radius 1 is 1.43 bits per heavy atom. The molecule has 0 aliphatic heterocycles. The fourth-order valence-electron chi connectivity index (χ4n) is 1.27. The van der Waals surface area contributed by atoms with Crippen LogP contribution in [0.25, 0.3) is 10.9 Å². The van der Waals surface area contributed by atoms with Gasteiger partial charge < -0.3 is 14.7 Å². The SMILES string of the molecule is COC(=O)c1cc2cc(=O)[nH]cc2[nH]1. The highest BCUT2D eigenvalue weighted by atomic mass is 16.5. The van der Waals surface area contributed by atoms with Crippen molar-refractivity contribution in [3.63, 3.8) is 0 Å². The Morgan fingerprint density at radius 3 is 2.93 bits per heavy atom. The summed E-state index contributed by atoms with van der Waals surface area (Å²) >= 11 is 0. The summed E-state index contributed by atoms with van der Waals surface area (Å²) in [6.07, 6.45) is 1.52. The zero-order valence-corrected chi connectivity index (χ0v) is 7.46. The lowest BCUT2D eigenvalue weighted by Gasteiger charge is -1.91. The lowest BCUT2D eigenvalue weighted by atomic mass is 10.3. The number of methoxy groups -OCH3 is 1. The van der Waals surface area contributed by atoms with Crippen LogP contribution < -0.4 is 5.56 Å². The Balaban J connectivity index is 2.62. The molecule has 2 heterocycles. The van der Waals surface area contributed by atoms with Gasteiger partial charge >= 0.3 is 5.97 Å². The van der Waals surface area contributed by atoms with Crippen LogP contribution in [-0.2, 0) is 4.74 Å². The number of carbonyl (C=O) groups excluding carboxylic acids is 1. The summed E-state index contributed by atoms with van der Waals surface area (Å²) in [5, 5.41) is 0.689. The molecule has 0 unspecified atom stereocenters. The second-order valence-electron chi connectivity index (χ2n) is 2.84. The predicted molar refractivity (Wildman–Crippen MR) is 50.3 cm³/mol. The fourth-order valence-corrected chi connectivity index (χ4v) is 1.27. The van der Waals surface area contributed by atoms with Gasteiger partial charge in [0, 0.05) is 17.6 Å². The van der Waals surface area contributed by atoms with Crippen molar-refractivity contribution < 1.29 is 9.53 Å². The van der Waals surface area contributed by atoms with Crippen LogP contribution in [0.1, 0.15) is 10.5 Å². The van der Waals surface area contributed by atoms with Crippen LogP contribution >= 0.6 is 0 Å². The summed E-state index contributed by atoms with van der Waals surface area (Å²) in [6.45, 7) is 0. The predicted octanol–water partition coefficient (Wildman–Crippen LogP) is 0.643. The molecule has 0 fully saturated rings. The zero-order valence-electron chi connectivity index (χ0n) is 7.46. The average Bonchev–Trinajstić information content (AvgIpc) is 2.59. The number of hydrogen-bond donors (Lipinski definition) is 2. The van der Waals surface area contributed by atoms with E-state index in [1.54, 1.807) is 6.07 Å². The lowest BCUT2D eigenvalue weighted by molar-refractivity contribution is 0.0595. The number of carbonyl (C=O) groups is 1. The minimum Gasteiger partial charge on any atom is -0.464 e. The van der Waals surface area contributed by atoms with Gasteiger partial charge in [0.15, 0.2) is 0 Å². The van der Waals surface area contributed by atoms with Crippen molar-refractivity contribution in [2.45, 2.75) is 0 Å². The van der Waals surface area contributed by atoms with Gasteiger partial charge in [-0.2, -0.15) is 0 Å². The Bertz CT molecular complexity index is 538. The van der Waals surface area contributed by atoms with E-state index in [4.69, 9.17) is 0 Å². The molecule has 14 heavy (non-hydrogen) atoms. The van der Waals surface area contributed by atoms with Crippen LogP contribution in [0.3, 0.4) is 0 Å². The van der Waals surface area contributed by atoms with Gasteiger partial charge in [-0.3, -0.25) is 4.79 Å². The number of rotatable bonds is 1. The zero-order chi connectivity index (χ0) is 10.1. The average molecular weight is 192 g/mol. The van der Waals surface area contributed by atoms with E-state index in [1.807, 2.05) is 0 Å².